The molecule has 0 bridgehead atoms. The van der Waals surface area contributed by atoms with Crippen LogP contribution in [0.25, 0.3) is 0 Å². The Morgan fingerprint density at radius 1 is 1.64 bits per heavy atom. The molecular weight excluding hydrogens is 180 g/mol. The highest BCUT2D eigenvalue weighted by molar-refractivity contribution is 5.96. The molecule has 1 N–H and O–H groups in total. The number of aromatic nitrogens is 1. The SMILES string of the molecule is CCCN1C(=O)c2ncccc2C1O. The summed E-state index contributed by atoms with van der Waals surface area (Å²) in [5.74, 6) is -0.171. The van der Waals surface area contributed by atoms with E-state index in [9.17, 15) is 9.90 Å². The van der Waals surface area contributed by atoms with E-state index >= 15 is 0 Å². The van der Waals surface area contributed by atoms with E-state index in [0.717, 1.165) is 6.42 Å². The second-order valence-corrected chi connectivity index (χ2v) is 3.31. The number of pyridine rings is 1. The average molecular weight is 192 g/mol. The summed E-state index contributed by atoms with van der Waals surface area (Å²) < 4.78 is 0. The summed E-state index contributed by atoms with van der Waals surface area (Å²) in [6.45, 7) is 2.53. The predicted molar refractivity (Wildman–Crippen MR) is 50.5 cm³/mol. The Morgan fingerprint density at radius 2 is 2.43 bits per heavy atom. The van der Waals surface area contributed by atoms with Gasteiger partial charge in [0.15, 0.2) is 6.23 Å². The predicted octanol–water partition coefficient (Wildman–Crippen LogP) is 0.938. The molecule has 0 spiro atoms. The van der Waals surface area contributed by atoms with Crippen molar-refractivity contribution in [1.29, 1.82) is 0 Å². The van der Waals surface area contributed by atoms with Crippen molar-refractivity contribution in [1.82, 2.24) is 9.88 Å². The van der Waals surface area contributed by atoms with Crippen LogP contribution in [0.1, 0.15) is 35.6 Å². The van der Waals surface area contributed by atoms with E-state index in [-0.39, 0.29) is 5.91 Å². The summed E-state index contributed by atoms with van der Waals surface area (Å²) in [4.78, 5) is 17.1. The molecule has 1 aliphatic heterocycles. The van der Waals surface area contributed by atoms with Crippen molar-refractivity contribution in [3.8, 4) is 0 Å². The van der Waals surface area contributed by atoms with Gasteiger partial charge in [0.1, 0.15) is 5.69 Å². The number of hydrogen-bond acceptors (Lipinski definition) is 3. The summed E-state index contributed by atoms with van der Waals surface area (Å²) in [5.41, 5.74) is 0.999. The van der Waals surface area contributed by atoms with Gasteiger partial charge >= 0.3 is 0 Å². The number of carbonyl (C=O) groups is 1. The van der Waals surface area contributed by atoms with E-state index in [1.165, 1.54) is 4.90 Å². The first-order valence-corrected chi connectivity index (χ1v) is 4.69. The topological polar surface area (TPSA) is 53.4 Å². The van der Waals surface area contributed by atoms with Crippen molar-refractivity contribution >= 4 is 5.91 Å². The Kier molecular flexibility index (Phi) is 2.21. The van der Waals surface area contributed by atoms with Gasteiger partial charge in [0.2, 0.25) is 0 Å². The quantitative estimate of drug-likeness (QED) is 0.758. The largest absolute Gasteiger partial charge is 0.369 e. The summed E-state index contributed by atoms with van der Waals surface area (Å²) in [6, 6.07) is 3.46. The normalized spacial score (nSPS) is 20.0. The first-order valence-electron chi connectivity index (χ1n) is 4.69. The summed E-state index contributed by atoms with van der Waals surface area (Å²) in [6.07, 6.45) is 1.58. The molecule has 1 amide bonds. The van der Waals surface area contributed by atoms with Gasteiger partial charge in [0.05, 0.1) is 0 Å². The zero-order valence-electron chi connectivity index (χ0n) is 7.97. The molecule has 2 heterocycles. The van der Waals surface area contributed by atoms with Crippen molar-refractivity contribution in [3.05, 3.63) is 29.6 Å². The van der Waals surface area contributed by atoms with Gasteiger partial charge < -0.3 is 10.0 Å². The highest BCUT2D eigenvalue weighted by Crippen LogP contribution is 2.29. The van der Waals surface area contributed by atoms with E-state index in [0.29, 0.717) is 17.8 Å². The van der Waals surface area contributed by atoms with Crippen LogP contribution < -0.4 is 0 Å². The van der Waals surface area contributed by atoms with Gasteiger partial charge in [-0.05, 0) is 12.5 Å². The average Bonchev–Trinajstić information content (AvgIpc) is 2.45. The van der Waals surface area contributed by atoms with Gasteiger partial charge in [-0.15, -0.1) is 0 Å². The van der Waals surface area contributed by atoms with Crippen LogP contribution in [0.4, 0.5) is 0 Å². The summed E-state index contributed by atoms with van der Waals surface area (Å²) >= 11 is 0. The maximum absolute atomic E-state index is 11.7. The van der Waals surface area contributed by atoms with Crippen LogP contribution in [0.2, 0.25) is 0 Å². The highest BCUT2D eigenvalue weighted by atomic mass is 16.3. The molecule has 14 heavy (non-hydrogen) atoms. The van der Waals surface area contributed by atoms with E-state index in [2.05, 4.69) is 4.98 Å². The number of rotatable bonds is 2. The van der Waals surface area contributed by atoms with Gasteiger partial charge in [-0.25, -0.2) is 0 Å². The first kappa shape index (κ1) is 9.15. The van der Waals surface area contributed by atoms with Crippen molar-refractivity contribution in [2.24, 2.45) is 0 Å². The molecule has 0 aromatic carbocycles. The molecule has 1 aromatic heterocycles. The maximum atomic E-state index is 11.7. The van der Waals surface area contributed by atoms with Crippen LogP contribution in [-0.4, -0.2) is 27.4 Å². The van der Waals surface area contributed by atoms with Crippen LogP contribution in [0.15, 0.2) is 18.3 Å². The number of fused-ring (bicyclic) bond motifs is 1. The lowest BCUT2D eigenvalue weighted by molar-refractivity contribution is 0.0177. The fraction of sp³-hybridized carbons (Fsp3) is 0.400. The van der Waals surface area contributed by atoms with E-state index < -0.39 is 6.23 Å². The van der Waals surface area contributed by atoms with Gasteiger partial charge in [-0.3, -0.25) is 9.78 Å². The van der Waals surface area contributed by atoms with Crippen LogP contribution in [0, 0.1) is 0 Å². The van der Waals surface area contributed by atoms with E-state index in [4.69, 9.17) is 0 Å². The monoisotopic (exact) mass is 192 g/mol. The third-order valence-corrected chi connectivity index (χ3v) is 2.34. The second-order valence-electron chi connectivity index (χ2n) is 3.31. The molecule has 0 radical (unpaired) electrons. The molecule has 1 aliphatic rings. The lowest BCUT2D eigenvalue weighted by Crippen LogP contribution is -2.28. The molecule has 1 aromatic rings. The molecule has 0 aliphatic carbocycles. The fourth-order valence-corrected chi connectivity index (χ4v) is 1.68. The van der Waals surface area contributed by atoms with Gasteiger partial charge in [0, 0.05) is 18.3 Å². The molecule has 4 nitrogen and oxygen atoms in total. The number of amides is 1. The minimum atomic E-state index is -0.814. The molecule has 74 valence electrons. The van der Waals surface area contributed by atoms with Crippen LogP contribution in [-0.2, 0) is 0 Å². The lowest BCUT2D eigenvalue weighted by Gasteiger charge is -2.19. The van der Waals surface area contributed by atoms with E-state index in [1.807, 2.05) is 6.92 Å². The fourth-order valence-electron chi connectivity index (χ4n) is 1.68. The number of aliphatic hydroxyl groups is 1. The summed E-state index contributed by atoms with van der Waals surface area (Å²) in [5, 5.41) is 9.81. The van der Waals surface area contributed by atoms with Crippen LogP contribution >= 0.6 is 0 Å². The lowest BCUT2D eigenvalue weighted by atomic mass is 10.2. The van der Waals surface area contributed by atoms with Crippen LogP contribution in [0.5, 0.6) is 0 Å². The van der Waals surface area contributed by atoms with Gasteiger partial charge in [0.25, 0.3) is 5.91 Å². The standard InChI is InChI=1S/C10H12N2O2/c1-2-6-12-9(13)7-4-3-5-11-8(7)10(12)14/h3-5,9,13H,2,6H2,1H3. The van der Waals surface area contributed by atoms with Crippen molar-refractivity contribution in [2.45, 2.75) is 19.6 Å². The minimum absolute atomic E-state index is 0.171. The molecule has 2 rings (SSSR count). The number of aliphatic hydroxyl groups excluding tert-OH is 1. The Labute approximate surface area is 82.2 Å². The van der Waals surface area contributed by atoms with Gasteiger partial charge in [-0.1, -0.05) is 13.0 Å². The zero-order chi connectivity index (χ0) is 10.1. The molecule has 1 unspecified atom stereocenters. The summed E-state index contributed by atoms with van der Waals surface area (Å²) in [7, 11) is 0. The molecule has 0 fully saturated rings. The Bertz CT molecular complexity index is 365. The number of hydrogen-bond donors (Lipinski definition) is 1. The number of carbonyl (C=O) groups excluding carboxylic acids is 1. The molecule has 1 atom stereocenters. The first-order chi connectivity index (χ1) is 6.75. The third-order valence-electron chi connectivity index (χ3n) is 2.34. The zero-order valence-corrected chi connectivity index (χ0v) is 7.97. The second kappa shape index (κ2) is 3.38. The maximum Gasteiger partial charge on any atom is 0.275 e. The number of nitrogens with zero attached hydrogens (tertiary/aromatic N) is 2. The van der Waals surface area contributed by atoms with Crippen LogP contribution in [0.3, 0.4) is 0 Å². The molecule has 0 saturated carbocycles. The minimum Gasteiger partial charge on any atom is -0.369 e. The van der Waals surface area contributed by atoms with E-state index in [1.54, 1.807) is 18.3 Å². The highest BCUT2D eigenvalue weighted by Gasteiger charge is 2.35. The smallest absolute Gasteiger partial charge is 0.275 e. The molecular formula is C10H12N2O2. The van der Waals surface area contributed by atoms with Gasteiger partial charge in [-0.2, -0.15) is 0 Å². The van der Waals surface area contributed by atoms with Crippen molar-refractivity contribution in [2.75, 3.05) is 6.54 Å². The molecule has 4 heteroatoms. The third kappa shape index (κ3) is 1.19. The Hall–Kier alpha value is -1.42. The van der Waals surface area contributed by atoms with Crippen molar-refractivity contribution in [3.63, 3.8) is 0 Å². The Morgan fingerprint density at radius 3 is 3.07 bits per heavy atom. The Balaban J connectivity index is 2.38. The van der Waals surface area contributed by atoms with Crippen molar-refractivity contribution < 1.29 is 9.90 Å². The molecule has 0 saturated heterocycles.